The Morgan fingerprint density at radius 1 is 1.00 bits per heavy atom. The van der Waals surface area contributed by atoms with Gasteiger partial charge in [0.2, 0.25) is 0 Å². The molecular formula is C20H32N2O2. The number of hydrogen-bond acceptors (Lipinski definition) is 4. The molecule has 0 atom stereocenters. The lowest BCUT2D eigenvalue weighted by Crippen LogP contribution is -2.41. The summed E-state index contributed by atoms with van der Waals surface area (Å²) >= 11 is 0. The molecular weight excluding hydrogens is 300 g/mol. The van der Waals surface area contributed by atoms with E-state index < -0.39 is 0 Å². The van der Waals surface area contributed by atoms with E-state index in [0.717, 1.165) is 39.1 Å². The van der Waals surface area contributed by atoms with Gasteiger partial charge in [-0.25, -0.2) is 0 Å². The summed E-state index contributed by atoms with van der Waals surface area (Å²) in [5, 5.41) is 13.3. The molecule has 0 amide bonds. The standard InChI is InChI=1S/C20H32N2O2/c23-17-20(9-13-24-14-10-20)16-21-15-18-5-7-19(8-6-18)22-11-3-1-2-4-12-22/h5-8,21,23H,1-4,9-17H2. The zero-order chi connectivity index (χ0) is 16.7. The molecule has 0 aliphatic carbocycles. The molecule has 24 heavy (non-hydrogen) atoms. The summed E-state index contributed by atoms with van der Waals surface area (Å²) in [6.07, 6.45) is 7.27. The SMILES string of the molecule is OCC1(CNCc2ccc(N3CCCCCC3)cc2)CCOCC1. The van der Waals surface area contributed by atoms with Gasteiger partial charge >= 0.3 is 0 Å². The van der Waals surface area contributed by atoms with Crippen molar-refractivity contribution in [2.45, 2.75) is 45.1 Å². The van der Waals surface area contributed by atoms with Crippen molar-refractivity contribution in [3.63, 3.8) is 0 Å². The first-order chi connectivity index (χ1) is 11.8. The van der Waals surface area contributed by atoms with E-state index in [4.69, 9.17) is 4.74 Å². The van der Waals surface area contributed by atoms with Gasteiger partial charge in [0, 0.05) is 50.5 Å². The number of nitrogens with one attached hydrogen (secondary N) is 1. The monoisotopic (exact) mass is 332 g/mol. The molecule has 4 nitrogen and oxygen atoms in total. The lowest BCUT2D eigenvalue weighted by atomic mass is 9.81. The van der Waals surface area contributed by atoms with Gasteiger partial charge in [0.1, 0.15) is 0 Å². The van der Waals surface area contributed by atoms with E-state index in [1.807, 2.05) is 0 Å². The summed E-state index contributed by atoms with van der Waals surface area (Å²) in [5.74, 6) is 0. The Bertz CT molecular complexity index is 475. The van der Waals surface area contributed by atoms with Crippen LogP contribution in [0.3, 0.4) is 0 Å². The molecule has 0 unspecified atom stereocenters. The van der Waals surface area contributed by atoms with Crippen LogP contribution in [0, 0.1) is 5.41 Å². The first-order valence-corrected chi connectivity index (χ1v) is 9.55. The summed E-state index contributed by atoms with van der Waals surface area (Å²) in [6, 6.07) is 9.00. The van der Waals surface area contributed by atoms with Crippen LogP contribution in [-0.4, -0.2) is 44.6 Å². The van der Waals surface area contributed by atoms with Crippen LogP contribution in [0.5, 0.6) is 0 Å². The Balaban J connectivity index is 1.49. The first-order valence-electron chi connectivity index (χ1n) is 9.55. The fraction of sp³-hybridized carbons (Fsp3) is 0.700. The molecule has 0 saturated carbocycles. The number of rotatable bonds is 6. The van der Waals surface area contributed by atoms with Crippen molar-refractivity contribution in [3.8, 4) is 0 Å². The average molecular weight is 332 g/mol. The molecule has 2 N–H and O–H groups in total. The number of aliphatic hydroxyl groups excluding tert-OH is 1. The Morgan fingerprint density at radius 2 is 1.67 bits per heavy atom. The second-order valence-electron chi connectivity index (χ2n) is 7.44. The van der Waals surface area contributed by atoms with E-state index in [-0.39, 0.29) is 12.0 Å². The Morgan fingerprint density at radius 3 is 2.29 bits per heavy atom. The van der Waals surface area contributed by atoms with E-state index in [2.05, 4.69) is 34.5 Å². The van der Waals surface area contributed by atoms with E-state index in [0.29, 0.717) is 0 Å². The van der Waals surface area contributed by atoms with Crippen molar-refractivity contribution in [3.05, 3.63) is 29.8 Å². The molecule has 1 aromatic carbocycles. The summed E-state index contributed by atoms with van der Waals surface area (Å²) in [5.41, 5.74) is 2.68. The van der Waals surface area contributed by atoms with Crippen molar-refractivity contribution in [1.82, 2.24) is 5.32 Å². The molecule has 0 radical (unpaired) electrons. The Kier molecular flexibility index (Phi) is 6.52. The van der Waals surface area contributed by atoms with Crippen LogP contribution >= 0.6 is 0 Å². The van der Waals surface area contributed by atoms with Gasteiger partial charge in [-0.15, -0.1) is 0 Å². The largest absolute Gasteiger partial charge is 0.396 e. The van der Waals surface area contributed by atoms with Crippen molar-refractivity contribution in [1.29, 1.82) is 0 Å². The quantitative estimate of drug-likeness (QED) is 0.841. The molecule has 4 heteroatoms. The summed E-state index contributed by atoms with van der Waals surface area (Å²) < 4.78 is 5.43. The molecule has 2 fully saturated rings. The fourth-order valence-corrected chi connectivity index (χ4v) is 3.82. The van der Waals surface area contributed by atoms with E-state index in [9.17, 15) is 5.11 Å². The highest BCUT2D eigenvalue weighted by molar-refractivity contribution is 5.47. The van der Waals surface area contributed by atoms with Crippen molar-refractivity contribution >= 4 is 5.69 Å². The molecule has 2 aliphatic rings. The summed E-state index contributed by atoms with van der Waals surface area (Å²) in [7, 11) is 0. The number of aliphatic hydroxyl groups is 1. The van der Waals surface area contributed by atoms with Gasteiger partial charge in [-0.2, -0.15) is 0 Å². The molecule has 3 rings (SSSR count). The van der Waals surface area contributed by atoms with Gasteiger partial charge < -0.3 is 20.1 Å². The number of nitrogens with zero attached hydrogens (tertiary/aromatic N) is 1. The topological polar surface area (TPSA) is 44.7 Å². The highest BCUT2D eigenvalue weighted by Crippen LogP contribution is 2.29. The van der Waals surface area contributed by atoms with Crippen LogP contribution in [0.2, 0.25) is 0 Å². The van der Waals surface area contributed by atoms with Gasteiger partial charge in [-0.3, -0.25) is 0 Å². The van der Waals surface area contributed by atoms with Crippen molar-refractivity contribution < 1.29 is 9.84 Å². The fourth-order valence-electron chi connectivity index (χ4n) is 3.82. The molecule has 0 aromatic heterocycles. The van der Waals surface area contributed by atoms with Crippen LogP contribution in [-0.2, 0) is 11.3 Å². The maximum absolute atomic E-state index is 9.74. The van der Waals surface area contributed by atoms with Crippen LogP contribution in [0.25, 0.3) is 0 Å². The van der Waals surface area contributed by atoms with Gasteiger partial charge in [-0.1, -0.05) is 25.0 Å². The molecule has 0 spiro atoms. The number of hydrogen-bond donors (Lipinski definition) is 2. The maximum atomic E-state index is 9.74. The highest BCUT2D eigenvalue weighted by Gasteiger charge is 2.31. The Labute approximate surface area is 146 Å². The van der Waals surface area contributed by atoms with E-state index in [1.54, 1.807) is 0 Å². The summed E-state index contributed by atoms with van der Waals surface area (Å²) in [4.78, 5) is 2.52. The smallest absolute Gasteiger partial charge is 0.0501 e. The second kappa shape index (κ2) is 8.84. The molecule has 0 bridgehead atoms. The predicted molar refractivity (Wildman–Crippen MR) is 98.4 cm³/mol. The van der Waals surface area contributed by atoms with Gasteiger partial charge in [0.25, 0.3) is 0 Å². The van der Waals surface area contributed by atoms with E-state index in [1.165, 1.54) is 50.0 Å². The zero-order valence-electron chi connectivity index (χ0n) is 14.8. The minimum Gasteiger partial charge on any atom is -0.396 e. The third-order valence-electron chi connectivity index (χ3n) is 5.63. The van der Waals surface area contributed by atoms with Crippen LogP contribution in [0.15, 0.2) is 24.3 Å². The second-order valence-corrected chi connectivity index (χ2v) is 7.44. The number of ether oxygens (including phenoxy) is 1. The van der Waals surface area contributed by atoms with Gasteiger partial charge in [0.15, 0.2) is 0 Å². The normalized spacial score (nSPS) is 21.5. The predicted octanol–water partition coefficient (Wildman–Crippen LogP) is 2.95. The van der Waals surface area contributed by atoms with Crippen LogP contribution in [0.1, 0.15) is 44.1 Å². The molecule has 2 heterocycles. The molecule has 2 aliphatic heterocycles. The number of anilines is 1. The summed E-state index contributed by atoms with van der Waals surface area (Å²) in [6.45, 7) is 5.90. The maximum Gasteiger partial charge on any atom is 0.0501 e. The van der Waals surface area contributed by atoms with Crippen molar-refractivity contribution in [2.24, 2.45) is 5.41 Å². The lowest BCUT2D eigenvalue weighted by Gasteiger charge is -2.35. The number of benzene rings is 1. The molecule has 134 valence electrons. The minimum absolute atomic E-state index is 0.00421. The Hall–Kier alpha value is -1.10. The molecule has 1 aromatic rings. The van der Waals surface area contributed by atoms with E-state index >= 15 is 0 Å². The average Bonchev–Trinajstić information content (AvgIpc) is 2.93. The third-order valence-corrected chi connectivity index (χ3v) is 5.63. The van der Waals surface area contributed by atoms with Crippen LogP contribution < -0.4 is 10.2 Å². The van der Waals surface area contributed by atoms with Crippen LogP contribution in [0.4, 0.5) is 5.69 Å². The van der Waals surface area contributed by atoms with Gasteiger partial charge in [0.05, 0.1) is 6.61 Å². The van der Waals surface area contributed by atoms with Gasteiger partial charge in [-0.05, 0) is 43.4 Å². The zero-order valence-corrected chi connectivity index (χ0v) is 14.8. The first kappa shape index (κ1) is 17.7. The third kappa shape index (κ3) is 4.71. The lowest BCUT2D eigenvalue weighted by molar-refractivity contribution is -0.0154. The molecule has 2 saturated heterocycles. The highest BCUT2D eigenvalue weighted by atomic mass is 16.5. The minimum atomic E-state index is 0.00421. The van der Waals surface area contributed by atoms with Crippen molar-refractivity contribution in [2.75, 3.05) is 44.4 Å².